The minimum absolute atomic E-state index is 0.199. The van der Waals surface area contributed by atoms with Crippen LogP contribution in [-0.4, -0.2) is 47.2 Å². The van der Waals surface area contributed by atoms with Crippen molar-refractivity contribution >= 4 is 23.5 Å². The van der Waals surface area contributed by atoms with E-state index in [1.165, 1.54) is 0 Å². The zero-order chi connectivity index (χ0) is 11.8. The van der Waals surface area contributed by atoms with Crippen LogP contribution in [0, 0.1) is 0 Å². The summed E-state index contributed by atoms with van der Waals surface area (Å²) in [6, 6.07) is 0. The highest BCUT2D eigenvalue weighted by molar-refractivity contribution is 7.98. The maximum absolute atomic E-state index is 12.7. The first kappa shape index (κ1) is 14.4. The predicted octanol–water partition coefficient (Wildman–Crippen LogP) is 0.450. The number of hydrogen-bond donors (Lipinski definition) is 3. The fraction of sp³-hybridized carbons (Fsp3) is 1.00. The number of alkyl halides is 1. The number of unbranched alkanes of at least 4 members (excludes halogenated alkanes) is 1. The van der Waals surface area contributed by atoms with E-state index < -0.39 is 0 Å². The smallest absolute Gasteiger partial charge is 0.162 e. The van der Waals surface area contributed by atoms with Crippen molar-refractivity contribution in [2.24, 2.45) is 5.73 Å². The minimum Gasteiger partial charge on any atom is -0.329 e. The van der Waals surface area contributed by atoms with Gasteiger partial charge in [0.25, 0.3) is 0 Å². The summed E-state index contributed by atoms with van der Waals surface area (Å²) in [5.41, 5.74) is 8.44. The number of halogens is 2. The molecular weight excluding hydrogens is 253 g/mol. The lowest BCUT2D eigenvalue weighted by Crippen LogP contribution is -2.40. The number of hydrogen-bond acceptors (Lipinski definition) is 6. The standard InChI is InChI=1S/C8H19ClFN5S/c9-8-14(7-15(10)16-8)13-5-2-1-4-12-6-3-11/h8,12-13H,1-7,11H2. The van der Waals surface area contributed by atoms with E-state index in [0.717, 1.165) is 44.4 Å². The summed E-state index contributed by atoms with van der Waals surface area (Å²) < 4.78 is 13.4. The SMILES string of the molecule is NCCNCCCCNN1CN(F)SC1Cl. The van der Waals surface area contributed by atoms with E-state index in [0.29, 0.717) is 11.1 Å². The Hall–Kier alpha value is 0.370. The zero-order valence-corrected chi connectivity index (χ0v) is 10.7. The molecule has 1 rings (SSSR count). The largest absolute Gasteiger partial charge is 0.329 e. The van der Waals surface area contributed by atoms with Gasteiger partial charge in [0.1, 0.15) is 6.67 Å². The summed E-state index contributed by atoms with van der Waals surface area (Å²) in [6.07, 6.45) is 2.09. The molecule has 1 saturated heterocycles. The van der Waals surface area contributed by atoms with Crippen LogP contribution in [0.3, 0.4) is 0 Å². The van der Waals surface area contributed by atoms with E-state index >= 15 is 0 Å². The van der Waals surface area contributed by atoms with Crippen LogP contribution in [0.2, 0.25) is 0 Å². The molecule has 1 aliphatic rings. The highest BCUT2D eigenvalue weighted by Gasteiger charge is 2.29. The van der Waals surface area contributed by atoms with Crippen molar-refractivity contribution < 1.29 is 4.48 Å². The minimum atomic E-state index is -0.361. The number of nitrogens with one attached hydrogen (secondary N) is 2. The molecule has 8 heteroatoms. The quantitative estimate of drug-likeness (QED) is 0.196. The zero-order valence-electron chi connectivity index (χ0n) is 9.16. The highest BCUT2D eigenvalue weighted by Crippen LogP contribution is 2.30. The van der Waals surface area contributed by atoms with Gasteiger partial charge < -0.3 is 11.1 Å². The number of nitrogens with two attached hydrogens (primary N) is 1. The molecule has 1 fully saturated rings. The molecule has 0 bridgehead atoms. The van der Waals surface area contributed by atoms with Crippen molar-refractivity contribution in [3.8, 4) is 0 Å². The second-order valence-electron chi connectivity index (χ2n) is 3.48. The third-order valence-electron chi connectivity index (χ3n) is 2.13. The van der Waals surface area contributed by atoms with Gasteiger partial charge >= 0.3 is 0 Å². The topological polar surface area (TPSA) is 56.6 Å². The van der Waals surface area contributed by atoms with Crippen molar-refractivity contribution in [2.75, 3.05) is 32.8 Å². The predicted molar refractivity (Wildman–Crippen MR) is 66.0 cm³/mol. The normalized spacial score (nSPS) is 23.1. The van der Waals surface area contributed by atoms with Crippen LogP contribution in [0.1, 0.15) is 12.8 Å². The van der Waals surface area contributed by atoms with Gasteiger partial charge in [-0.3, -0.25) is 5.43 Å². The van der Waals surface area contributed by atoms with Crippen molar-refractivity contribution in [1.29, 1.82) is 0 Å². The van der Waals surface area contributed by atoms with Gasteiger partial charge in [-0.15, -0.1) is 4.48 Å². The molecule has 16 heavy (non-hydrogen) atoms. The molecule has 0 aromatic rings. The van der Waals surface area contributed by atoms with Crippen molar-refractivity contribution in [2.45, 2.75) is 17.7 Å². The molecule has 0 saturated carbocycles. The lowest BCUT2D eigenvalue weighted by Gasteiger charge is -2.17. The van der Waals surface area contributed by atoms with Gasteiger partial charge in [-0.1, -0.05) is 16.1 Å². The molecule has 0 aromatic heterocycles. The Bertz CT molecular complexity index is 190. The van der Waals surface area contributed by atoms with Crippen molar-refractivity contribution in [1.82, 2.24) is 20.3 Å². The molecule has 0 aromatic carbocycles. The molecule has 96 valence electrons. The van der Waals surface area contributed by atoms with Gasteiger partial charge in [0, 0.05) is 19.6 Å². The van der Waals surface area contributed by atoms with E-state index in [2.05, 4.69) is 10.7 Å². The molecule has 0 radical (unpaired) electrons. The van der Waals surface area contributed by atoms with E-state index in [1.54, 1.807) is 5.01 Å². The average molecular weight is 272 g/mol. The fourth-order valence-electron chi connectivity index (χ4n) is 1.32. The van der Waals surface area contributed by atoms with Gasteiger partial charge in [-0.05, 0) is 31.3 Å². The number of rotatable bonds is 8. The second kappa shape index (κ2) is 8.46. The van der Waals surface area contributed by atoms with E-state index in [-0.39, 0.29) is 11.5 Å². The summed E-state index contributed by atoms with van der Waals surface area (Å²) in [5, 5.41) is 4.89. The molecule has 1 aliphatic heterocycles. The van der Waals surface area contributed by atoms with Crippen LogP contribution in [0.25, 0.3) is 0 Å². The van der Waals surface area contributed by atoms with Gasteiger partial charge in [0.2, 0.25) is 0 Å². The van der Waals surface area contributed by atoms with Crippen LogP contribution in [0.5, 0.6) is 0 Å². The van der Waals surface area contributed by atoms with Crippen LogP contribution in [-0.2, 0) is 0 Å². The Morgan fingerprint density at radius 3 is 2.75 bits per heavy atom. The monoisotopic (exact) mass is 271 g/mol. The van der Waals surface area contributed by atoms with Gasteiger partial charge in [0.05, 0.1) is 0 Å². The second-order valence-corrected chi connectivity index (χ2v) is 5.21. The molecule has 4 N–H and O–H groups in total. The van der Waals surface area contributed by atoms with Crippen molar-refractivity contribution in [3.63, 3.8) is 0 Å². The molecule has 0 spiro atoms. The van der Waals surface area contributed by atoms with Gasteiger partial charge in [-0.2, -0.15) is 5.01 Å². The van der Waals surface area contributed by atoms with Crippen LogP contribution in [0.15, 0.2) is 0 Å². The van der Waals surface area contributed by atoms with E-state index in [4.69, 9.17) is 17.3 Å². The Kier molecular flexibility index (Phi) is 7.63. The summed E-state index contributed by atoms with van der Waals surface area (Å²) in [5.74, 6) is 0. The summed E-state index contributed by atoms with van der Waals surface area (Å²) >= 11 is 6.85. The molecular formula is C8H19ClFN5S. The number of hydrazine groups is 1. The first-order valence-corrected chi connectivity index (χ1v) is 6.66. The molecule has 1 atom stereocenters. The van der Waals surface area contributed by atoms with E-state index in [1.807, 2.05) is 0 Å². The van der Waals surface area contributed by atoms with Crippen molar-refractivity contribution in [3.05, 3.63) is 0 Å². The van der Waals surface area contributed by atoms with Crippen LogP contribution < -0.4 is 16.5 Å². The highest BCUT2D eigenvalue weighted by atomic mass is 35.5. The molecule has 1 unspecified atom stereocenters. The maximum Gasteiger partial charge on any atom is 0.162 e. The van der Waals surface area contributed by atoms with Gasteiger partial charge in [-0.25, -0.2) is 0 Å². The lowest BCUT2D eigenvalue weighted by atomic mass is 10.3. The Labute approximate surface area is 105 Å². The maximum atomic E-state index is 12.7. The average Bonchev–Trinajstić information content (AvgIpc) is 2.56. The summed E-state index contributed by atoms with van der Waals surface area (Å²) in [6.45, 7) is 3.50. The Morgan fingerprint density at radius 2 is 2.12 bits per heavy atom. The molecule has 5 nitrogen and oxygen atoms in total. The Balaban J connectivity index is 1.91. The summed E-state index contributed by atoms with van der Waals surface area (Å²) in [7, 11) is 0. The fourth-order valence-corrected chi connectivity index (χ4v) is 2.34. The number of nitrogens with zero attached hydrogens (tertiary/aromatic N) is 2. The third-order valence-corrected chi connectivity index (χ3v) is 3.37. The first-order chi connectivity index (χ1) is 7.74. The van der Waals surface area contributed by atoms with E-state index in [9.17, 15) is 4.48 Å². The third kappa shape index (κ3) is 5.62. The van der Waals surface area contributed by atoms with Gasteiger partial charge in [0.15, 0.2) is 4.83 Å². The van der Waals surface area contributed by atoms with Crippen LogP contribution >= 0.6 is 23.5 Å². The van der Waals surface area contributed by atoms with Crippen LogP contribution in [0.4, 0.5) is 4.48 Å². The Morgan fingerprint density at radius 1 is 1.38 bits per heavy atom. The molecule has 1 heterocycles. The first-order valence-electron chi connectivity index (χ1n) is 5.39. The molecule has 0 amide bonds. The molecule has 0 aliphatic carbocycles. The summed E-state index contributed by atoms with van der Waals surface area (Å²) in [4.78, 5) is -0.361. The lowest BCUT2D eigenvalue weighted by molar-refractivity contribution is 0.0752.